The molecule has 0 amide bonds. The highest BCUT2D eigenvalue weighted by atomic mass is 16.8. The van der Waals surface area contributed by atoms with Gasteiger partial charge < -0.3 is 97.7 Å². The first-order valence-corrected chi connectivity index (χ1v) is 27.9. The van der Waals surface area contributed by atoms with Gasteiger partial charge in [0.2, 0.25) is 0 Å². The molecule has 8 aliphatic rings. The summed E-state index contributed by atoms with van der Waals surface area (Å²) in [7, 11) is 4.49. The van der Waals surface area contributed by atoms with E-state index in [9.17, 15) is 50.4 Å². The van der Waals surface area contributed by atoms with Crippen LogP contribution in [0.5, 0.6) is 0 Å². The van der Waals surface area contributed by atoms with E-state index in [2.05, 4.69) is 6.92 Å². The van der Waals surface area contributed by atoms with Gasteiger partial charge in [0.05, 0.1) is 48.6 Å². The fraction of sp³-hybridized carbons (Fsp3) is 0.789. The molecule has 4 heterocycles. The number of methoxy groups -OCH3 is 3. The van der Waals surface area contributed by atoms with Crippen LogP contribution in [0.25, 0.3) is 6.08 Å². The molecule has 4 saturated heterocycles. The smallest absolute Gasteiger partial charge is 0.331 e. The zero-order valence-electron chi connectivity index (χ0n) is 46.6. The van der Waals surface area contributed by atoms with Crippen LogP contribution in [0, 0.1) is 16.7 Å². The van der Waals surface area contributed by atoms with Gasteiger partial charge in [-0.1, -0.05) is 48.9 Å². The van der Waals surface area contributed by atoms with Crippen LogP contribution < -0.4 is 0 Å². The predicted molar refractivity (Wildman–Crippen MR) is 275 cm³/mol. The Morgan fingerprint density at radius 1 is 0.696 bits per heavy atom. The molecule has 79 heavy (non-hydrogen) atoms. The van der Waals surface area contributed by atoms with Gasteiger partial charge in [-0.15, -0.1) is 0 Å². The molecule has 9 rings (SSSR count). The van der Waals surface area contributed by atoms with Crippen molar-refractivity contribution in [2.24, 2.45) is 16.7 Å². The topological polar surface area (TPSA) is 307 Å². The number of benzene rings is 1. The number of aliphatic hydroxyl groups is 8. The number of ether oxygens (including phenoxy) is 12. The number of carbonyl (C=O) groups is 2. The Balaban J connectivity index is 0.816. The molecule has 8 N–H and O–H groups in total. The first-order valence-electron chi connectivity index (χ1n) is 27.9. The van der Waals surface area contributed by atoms with Gasteiger partial charge in [0.25, 0.3) is 0 Å². The molecule has 3 saturated carbocycles. The largest absolute Gasteiger partial charge is 0.458 e. The van der Waals surface area contributed by atoms with Gasteiger partial charge in [-0.05, 0) is 96.6 Å². The molecule has 22 heteroatoms. The van der Waals surface area contributed by atoms with Gasteiger partial charge in [0.1, 0.15) is 77.8 Å². The number of aliphatic hydroxyl groups excluding tert-OH is 5. The van der Waals surface area contributed by atoms with E-state index in [1.807, 2.05) is 43.3 Å². The number of hydrogen-bond donors (Lipinski definition) is 8. The fourth-order valence-corrected chi connectivity index (χ4v) is 14.8. The summed E-state index contributed by atoms with van der Waals surface area (Å²) in [5.74, 6) is -1.87. The minimum Gasteiger partial charge on any atom is -0.458 e. The minimum atomic E-state index is -2.07. The Morgan fingerprint density at radius 2 is 1.30 bits per heavy atom. The highest BCUT2D eigenvalue weighted by Crippen LogP contribution is 2.71. The maximum atomic E-state index is 13.6. The first kappa shape index (κ1) is 60.7. The summed E-state index contributed by atoms with van der Waals surface area (Å²) in [6, 6.07) is 9.24. The quantitative estimate of drug-likeness (QED) is 0.0661. The zero-order chi connectivity index (χ0) is 57.1. The van der Waals surface area contributed by atoms with Crippen LogP contribution in [-0.4, -0.2) is 220 Å². The van der Waals surface area contributed by atoms with Crippen LogP contribution in [0.2, 0.25) is 0 Å². The standard InChI is InChI=1S/C57H84O22/c1-28-47(77-42-25-36(69-8)48(29(2)72-42)78-52-46(64)50(70-9)49(30(3)73-52)79-51-45(63)44(62)43(61)37(27-58)75-51)35(68-7)24-41(71-28)74-34-18-19-53(5)33(23-34)17-20-56(66)38(53)26-39(76-40(60)16-15-32-13-11-10-12-14-32)54(6)55(65,31(4)59)21-22-57(54,56)67/h10-17,28-30,34-39,41-52,58,61-67H,18-27H2,1-9H3. The Morgan fingerprint density at radius 3 is 1.92 bits per heavy atom. The second-order valence-corrected chi connectivity index (χ2v) is 23.7. The van der Waals surface area contributed by atoms with Crippen LogP contribution >= 0.6 is 0 Å². The molecule has 7 fully saturated rings. The maximum absolute atomic E-state index is 13.6. The molecule has 0 aromatic heterocycles. The molecule has 0 bridgehead atoms. The predicted octanol–water partition coefficient (Wildman–Crippen LogP) is 1.50. The fourth-order valence-electron chi connectivity index (χ4n) is 14.8. The van der Waals surface area contributed by atoms with Gasteiger partial charge >= 0.3 is 5.97 Å². The lowest BCUT2D eigenvalue weighted by Gasteiger charge is -2.67. The van der Waals surface area contributed by atoms with E-state index in [1.54, 1.807) is 34.0 Å². The average molecular weight is 1120 g/mol. The van der Waals surface area contributed by atoms with Crippen LogP contribution in [0.15, 0.2) is 48.1 Å². The third-order valence-corrected chi connectivity index (χ3v) is 19.6. The second kappa shape index (κ2) is 23.6. The van der Waals surface area contributed by atoms with E-state index in [0.29, 0.717) is 25.7 Å². The van der Waals surface area contributed by atoms with Crippen molar-refractivity contribution in [2.45, 2.75) is 239 Å². The van der Waals surface area contributed by atoms with Gasteiger partial charge in [0, 0.05) is 46.2 Å². The van der Waals surface area contributed by atoms with E-state index in [-0.39, 0.29) is 38.2 Å². The normalized spacial score (nSPS) is 49.1. The molecule has 26 atom stereocenters. The number of esters is 1. The molecule has 1 aromatic rings. The Labute approximate surface area is 461 Å². The van der Waals surface area contributed by atoms with Crippen molar-refractivity contribution in [1.29, 1.82) is 0 Å². The van der Waals surface area contributed by atoms with Crippen LogP contribution in [0.3, 0.4) is 0 Å². The highest BCUT2D eigenvalue weighted by Gasteiger charge is 2.81. The van der Waals surface area contributed by atoms with E-state index in [1.165, 1.54) is 27.2 Å². The summed E-state index contributed by atoms with van der Waals surface area (Å²) < 4.78 is 74.1. The Bertz CT molecular complexity index is 2340. The summed E-state index contributed by atoms with van der Waals surface area (Å²) in [5, 5.41) is 90.5. The third-order valence-electron chi connectivity index (χ3n) is 19.6. The molecule has 444 valence electrons. The van der Waals surface area contributed by atoms with Crippen molar-refractivity contribution >= 4 is 17.8 Å². The molecule has 4 aliphatic carbocycles. The van der Waals surface area contributed by atoms with E-state index in [4.69, 9.17) is 56.8 Å². The number of carbonyl (C=O) groups excluding carboxylic acids is 2. The zero-order valence-corrected chi connectivity index (χ0v) is 46.6. The first-order chi connectivity index (χ1) is 37.4. The summed E-state index contributed by atoms with van der Waals surface area (Å²) in [5.41, 5.74) is -6.42. The third kappa shape index (κ3) is 10.6. The molecule has 0 radical (unpaired) electrons. The average Bonchev–Trinajstić information content (AvgIpc) is 2.39. The Kier molecular flexibility index (Phi) is 18.1. The van der Waals surface area contributed by atoms with Crippen molar-refractivity contribution in [3.63, 3.8) is 0 Å². The van der Waals surface area contributed by atoms with Crippen molar-refractivity contribution in [3.8, 4) is 0 Å². The van der Waals surface area contributed by atoms with E-state index >= 15 is 0 Å². The maximum Gasteiger partial charge on any atom is 0.331 e. The number of fused-ring (bicyclic) bond motifs is 5. The van der Waals surface area contributed by atoms with Gasteiger partial charge in [0.15, 0.2) is 30.9 Å². The number of hydrogen-bond acceptors (Lipinski definition) is 22. The highest BCUT2D eigenvalue weighted by molar-refractivity contribution is 5.88. The lowest BCUT2D eigenvalue weighted by molar-refractivity contribution is -0.373. The van der Waals surface area contributed by atoms with Crippen molar-refractivity contribution in [3.05, 3.63) is 53.6 Å². The number of rotatable bonds is 16. The van der Waals surface area contributed by atoms with Gasteiger partial charge in [-0.3, -0.25) is 4.79 Å². The van der Waals surface area contributed by atoms with Crippen molar-refractivity contribution in [2.75, 3.05) is 27.9 Å². The molecule has 4 aliphatic heterocycles. The van der Waals surface area contributed by atoms with Gasteiger partial charge in [-0.25, -0.2) is 4.79 Å². The molecule has 26 unspecified atom stereocenters. The lowest BCUT2D eigenvalue weighted by Crippen LogP contribution is -2.78. The number of ketones is 1. The van der Waals surface area contributed by atoms with E-state index < -0.39 is 169 Å². The van der Waals surface area contributed by atoms with Crippen LogP contribution in [0.4, 0.5) is 0 Å². The Hall–Kier alpha value is -2.92. The van der Waals surface area contributed by atoms with Crippen LogP contribution in [-0.2, 0) is 66.4 Å². The van der Waals surface area contributed by atoms with Crippen LogP contribution in [0.1, 0.15) is 105 Å². The minimum absolute atomic E-state index is 0.0567. The summed E-state index contributed by atoms with van der Waals surface area (Å²) >= 11 is 0. The lowest BCUT2D eigenvalue weighted by atomic mass is 9.42. The van der Waals surface area contributed by atoms with Crippen molar-refractivity contribution < 1.29 is 107 Å². The molecule has 22 nitrogen and oxygen atoms in total. The molecule has 0 spiro atoms. The van der Waals surface area contributed by atoms with Gasteiger partial charge in [-0.2, -0.15) is 0 Å². The summed E-state index contributed by atoms with van der Waals surface area (Å²) in [6.07, 6.45) is -12.7. The van der Waals surface area contributed by atoms with Crippen molar-refractivity contribution in [1.82, 2.24) is 0 Å². The van der Waals surface area contributed by atoms with E-state index in [0.717, 1.165) is 11.1 Å². The molecular formula is C57H84O22. The summed E-state index contributed by atoms with van der Waals surface area (Å²) in [6.45, 7) is 9.58. The second-order valence-electron chi connectivity index (χ2n) is 23.7. The number of Topliss-reactive ketones (excluding diaryl/α,β-unsaturated/α-hetero) is 1. The SMILES string of the molecule is COC1CC(OC2CCC3(C)C(=CCC4(O)C3CC(OC(=O)C=Cc3ccccc3)C3(C)C(O)(C(C)=O)CCC43O)C2)OC(C)C1OC1CC(OC)C(OC2OC(C)C(OC3OC(CO)C(O)C(O)C3O)C(OC)C2O)C(C)O1. The molecular weight excluding hydrogens is 1040 g/mol. The summed E-state index contributed by atoms with van der Waals surface area (Å²) in [4.78, 5) is 27.0. The monoisotopic (exact) mass is 1120 g/mol. The molecule has 1 aromatic carbocycles.